The van der Waals surface area contributed by atoms with Gasteiger partial charge in [0.25, 0.3) is 0 Å². The maximum absolute atomic E-state index is 10.9. The number of carbonyl (C=O) groups excluding carboxylic acids is 1. The van der Waals surface area contributed by atoms with E-state index in [0.717, 1.165) is 6.08 Å². The Hall–Kier alpha value is -2.10. The van der Waals surface area contributed by atoms with Crippen LogP contribution in [0.4, 0.5) is 0 Å². The van der Waals surface area contributed by atoms with Gasteiger partial charge in [-0.1, -0.05) is 30.3 Å². The first-order valence-electron chi connectivity index (χ1n) is 3.91. The molecule has 3 N–H and O–H groups in total. The number of primary amides is 1. The molecule has 4 heteroatoms. The van der Waals surface area contributed by atoms with Crippen molar-refractivity contribution in [1.82, 2.24) is 0 Å². The SMILES string of the molecule is NC(=O)C(=CC(=O)O)c1ccccc1. The fourth-order valence-electron chi connectivity index (χ4n) is 1.04. The van der Waals surface area contributed by atoms with Crippen molar-refractivity contribution < 1.29 is 14.7 Å². The van der Waals surface area contributed by atoms with Gasteiger partial charge in [-0.05, 0) is 5.56 Å². The quantitative estimate of drug-likeness (QED) is 0.688. The van der Waals surface area contributed by atoms with Crippen LogP contribution in [0.25, 0.3) is 5.57 Å². The topological polar surface area (TPSA) is 80.4 Å². The van der Waals surface area contributed by atoms with Crippen LogP contribution in [-0.4, -0.2) is 17.0 Å². The molecule has 0 aliphatic carbocycles. The van der Waals surface area contributed by atoms with Gasteiger partial charge in [-0.3, -0.25) is 4.79 Å². The van der Waals surface area contributed by atoms with E-state index in [4.69, 9.17) is 10.8 Å². The summed E-state index contributed by atoms with van der Waals surface area (Å²) in [5, 5.41) is 8.51. The van der Waals surface area contributed by atoms with Crippen molar-refractivity contribution in [3.05, 3.63) is 42.0 Å². The molecule has 0 saturated carbocycles. The van der Waals surface area contributed by atoms with Crippen LogP contribution >= 0.6 is 0 Å². The maximum Gasteiger partial charge on any atom is 0.329 e. The number of carboxylic acid groups (broad SMARTS) is 1. The van der Waals surface area contributed by atoms with Gasteiger partial charge in [-0.15, -0.1) is 0 Å². The van der Waals surface area contributed by atoms with Crippen LogP contribution in [0.2, 0.25) is 0 Å². The van der Waals surface area contributed by atoms with Crippen molar-refractivity contribution in [3.63, 3.8) is 0 Å². The van der Waals surface area contributed by atoms with Crippen LogP contribution in [0.15, 0.2) is 36.4 Å². The van der Waals surface area contributed by atoms with E-state index in [-0.39, 0.29) is 5.57 Å². The van der Waals surface area contributed by atoms with Crippen molar-refractivity contribution in [3.8, 4) is 0 Å². The summed E-state index contributed by atoms with van der Waals surface area (Å²) in [7, 11) is 0. The highest BCUT2D eigenvalue weighted by Crippen LogP contribution is 2.12. The molecule has 0 unspecified atom stereocenters. The zero-order valence-corrected chi connectivity index (χ0v) is 7.31. The minimum Gasteiger partial charge on any atom is -0.478 e. The lowest BCUT2D eigenvalue weighted by molar-refractivity contribution is -0.131. The van der Waals surface area contributed by atoms with Gasteiger partial charge in [0.15, 0.2) is 0 Å². The Labute approximate surface area is 80.7 Å². The van der Waals surface area contributed by atoms with E-state index in [2.05, 4.69) is 0 Å². The fourth-order valence-corrected chi connectivity index (χ4v) is 1.04. The van der Waals surface area contributed by atoms with Crippen molar-refractivity contribution in [2.45, 2.75) is 0 Å². The van der Waals surface area contributed by atoms with E-state index in [1.54, 1.807) is 30.3 Å². The molecule has 0 aromatic heterocycles. The lowest BCUT2D eigenvalue weighted by Crippen LogP contribution is -2.14. The summed E-state index contributed by atoms with van der Waals surface area (Å²) in [6.45, 7) is 0. The molecule has 0 atom stereocenters. The van der Waals surface area contributed by atoms with Gasteiger partial charge in [0.05, 0.1) is 5.57 Å². The average Bonchev–Trinajstić information content (AvgIpc) is 2.15. The summed E-state index contributed by atoms with van der Waals surface area (Å²) in [6.07, 6.45) is 0.803. The van der Waals surface area contributed by atoms with Gasteiger partial charge in [0.2, 0.25) is 5.91 Å². The van der Waals surface area contributed by atoms with Crippen molar-refractivity contribution in [2.24, 2.45) is 5.73 Å². The summed E-state index contributed by atoms with van der Waals surface area (Å²) in [6, 6.07) is 8.42. The summed E-state index contributed by atoms with van der Waals surface area (Å²) < 4.78 is 0. The molecule has 0 spiro atoms. The summed E-state index contributed by atoms with van der Waals surface area (Å²) in [5.41, 5.74) is 5.55. The van der Waals surface area contributed by atoms with Crippen molar-refractivity contribution >= 4 is 17.4 Å². The molecule has 4 nitrogen and oxygen atoms in total. The first-order valence-corrected chi connectivity index (χ1v) is 3.91. The lowest BCUT2D eigenvalue weighted by Gasteiger charge is -2.01. The molecule has 0 saturated heterocycles. The zero-order valence-electron chi connectivity index (χ0n) is 7.31. The minimum absolute atomic E-state index is 0.00176. The predicted octanol–water partition coefficient (Wildman–Crippen LogP) is 0.640. The number of hydrogen-bond acceptors (Lipinski definition) is 2. The summed E-state index contributed by atoms with van der Waals surface area (Å²) >= 11 is 0. The van der Waals surface area contributed by atoms with E-state index >= 15 is 0 Å². The average molecular weight is 191 g/mol. The maximum atomic E-state index is 10.9. The van der Waals surface area contributed by atoms with Gasteiger partial charge in [-0.25, -0.2) is 4.79 Å². The van der Waals surface area contributed by atoms with Gasteiger partial charge in [0, 0.05) is 6.08 Å². The van der Waals surface area contributed by atoms with Crippen LogP contribution in [0.3, 0.4) is 0 Å². The van der Waals surface area contributed by atoms with Crippen LogP contribution in [0.5, 0.6) is 0 Å². The summed E-state index contributed by atoms with van der Waals surface area (Å²) in [5.74, 6) is -1.94. The van der Waals surface area contributed by atoms with E-state index in [1.807, 2.05) is 0 Å². The Kier molecular flexibility index (Phi) is 3.01. The Balaban J connectivity index is 3.14. The molecule has 72 valence electrons. The Morgan fingerprint density at radius 3 is 2.21 bits per heavy atom. The molecule has 0 heterocycles. The monoisotopic (exact) mass is 191 g/mol. The molecule has 1 aromatic rings. The second kappa shape index (κ2) is 4.23. The molecule has 1 rings (SSSR count). The molecule has 0 aliphatic rings. The molecule has 0 aliphatic heterocycles. The number of hydrogen-bond donors (Lipinski definition) is 2. The zero-order chi connectivity index (χ0) is 10.6. The molecule has 1 aromatic carbocycles. The van der Waals surface area contributed by atoms with E-state index in [0.29, 0.717) is 5.56 Å². The number of carbonyl (C=O) groups is 2. The first-order chi connectivity index (χ1) is 6.61. The molecular formula is C10H9NO3. The smallest absolute Gasteiger partial charge is 0.329 e. The highest BCUT2D eigenvalue weighted by Gasteiger charge is 2.08. The number of amides is 1. The van der Waals surface area contributed by atoms with Crippen LogP contribution < -0.4 is 5.73 Å². The second-order valence-electron chi connectivity index (χ2n) is 2.63. The van der Waals surface area contributed by atoms with Crippen LogP contribution in [0.1, 0.15) is 5.56 Å². The second-order valence-corrected chi connectivity index (χ2v) is 2.63. The molecule has 0 bridgehead atoms. The predicted molar refractivity (Wildman–Crippen MR) is 51.2 cm³/mol. The van der Waals surface area contributed by atoms with Crippen LogP contribution in [-0.2, 0) is 9.59 Å². The molecule has 0 fully saturated rings. The Bertz CT molecular complexity index is 382. The normalized spacial score (nSPS) is 11.0. The van der Waals surface area contributed by atoms with E-state index < -0.39 is 11.9 Å². The fraction of sp³-hybridized carbons (Fsp3) is 0. The number of aliphatic carboxylic acids is 1. The summed E-state index contributed by atoms with van der Waals surface area (Å²) in [4.78, 5) is 21.3. The molecule has 0 radical (unpaired) electrons. The Morgan fingerprint density at radius 1 is 1.21 bits per heavy atom. The van der Waals surface area contributed by atoms with Crippen LogP contribution in [0, 0.1) is 0 Å². The van der Waals surface area contributed by atoms with Gasteiger partial charge in [-0.2, -0.15) is 0 Å². The van der Waals surface area contributed by atoms with E-state index in [9.17, 15) is 9.59 Å². The molecule has 1 amide bonds. The van der Waals surface area contributed by atoms with E-state index in [1.165, 1.54) is 0 Å². The lowest BCUT2D eigenvalue weighted by atomic mass is 10.1. The van der Waals surface area contributed by atoms with Gasteiger partial charge < -0.3 is 10.8 Å². The molecule has 14 heavy (non-hydrogen) atoms. The number of rotatable bonds is 3. The molecular weight excluding hydrogens is 182 g/mol. The number of benzene rings is 1. The largest absolute Gasteiger partial charge is 0.478 e. The number of carboxylic acids is 1. The standard InChI is InChI=1S/C10H9NO3/c11-10(14)8(6-9(12)13)7-4-2-1-3-5-7/h1-6H,(H2,11,14)(H,12,13). The first kappa shape index (κ1) is 9.98. The third kappa shape index (κ3) is 2.45. The minimum atomic E-state index is -1.19. The number of nitrogens with two attached hydrogens (primary N) is 1. The van der Waals surface area contributed by atoms with Gasteiger partial charge >= 0.3 is 5.97 Å². The van der Waals surface area contributed by atoms with Crippen molar-refractivity contribution in [2.75, 3.05) is 0 Å². The third-order valence-corrected chi connectivity index (χ3v) is 1.62. The van der Waals surface area contributed by atoms with Crippen molar-refractivity contribution in [1.29, 1.82) is 0 Å². The highest BCUT2D eigenvalue weighted by molar-refractivity contribution is 6.22. The Morgan fingerprint density at radius 2 is 1.79 bits per heavy atom. The van der Waals surface area contributed by atoms with Gasteiger partial charge in [0.1, 0.15) is 0 Å². The highest BCUT2D eigenvalue weighted by atomic mass is 16.4. The third-order valence-electron chi connectivity index (χ3n) is 1.62.